The van der Waals surface area contributed by atoms with Gasteiger partial charge in [0.05, 0.1) is 18.8 Å². The molecule has 6 nitrogen and oxygen atoms in total. The second-order valence-corrected chi connectivity index (χ2v) is 7.49. The molecule has 2 heterocycles. The zero-order chi connectivity index (χ0) is 18.0. The molecule has 140 valence electrons. The molecular formula is C19H30N2O4. The van der Waals surface area contributed by atoms with E-state index in [2.05, 4.69) is 30.0 Å². The van der Waals surface area contributed by atoms with Gasteiger partial charge in [-0.15, -0.1) is 0 Å². The molecule has 3 rings (SSSR count). The van der Waals surface area contributed by atoms with Gasteiger partial charge in [-0.25, -0.2) is 0 Å². The van der Waals surface area contributed by atoms with Crippen LogP contribution in [0.3, 0.4) is 0 Å². The first-order valence-electron chi connectivity index (χ1n) is 9.21. The van der Waals surface area contributed by atoms with Crippen LogP contribution in [0.25, 0.3) is 0 Å². The molecule has 2 aliphatic rings. The van der Waals surface area contributed by atoms with E-state index in [1.165, 1.54) is 11.3 Å². The Kier molecular flexibility index (Phi) is 5.96. The van der Waals surface area contributed by atoms with E-state index in [-0.39, 0.29) is 13.2 Å². The summed E-state index contributed by atoms with van der Waals surface area (Å²) < 4.78 is 0. The Bertz CT molecular complexity index is 570. The molecule has 0 aromatic heterocycles. The second kappa shape index (κ2) is 8.01. The quantitative estimate of drug-likeness (QED) is 0.610. The van der Waals surface area contributed by atoms with Crippen LogP contribution in [0.2, 0.25) is 0 Å². The van der Waals surface area contributed by atoms with Crippen LogP contribution in [0.1, 0.15) is 18.4 Å². The number of para-hydroxylation sites is 1. The summed E-state index contributed by atoms with van der Waals surface area (Å²) in [6, 6.07) is 7.87. The Morgan fingerprint density at radius 3 is 2.56 bits per heavy atom. The number of β-amino-alcohol motifs (C(OH)–C–C–N with tert-alkyl or cyclic N) is 1. The Hall–Kier alpha value is -1.18. The van der Waals surface area contributed by atoms with Crippen molar-refractivity contribution < 1.29 is 20.4 Å². The number of aliphatic hydroxyl groups excluding tert-OH is 4. The van der Waals surface area contributed by atoms with Crippen molar-refractivity contribution in [3.8, 4) is 0 Å². The van der Waals surface area contributed by atoms with Crippen LogP contribution in [-0.4, -0.2) is 82.5 Å². The topological polar surface area (TPSA) is 87.4 Å². The highest BCUT2D eigenvalue weighted by atomic mass is 16.4. The number of hydrogen-bond donors (Lipinski definition) is 4. The molecule has 6 heteroatoms. The minimum Gasteiger partial charge on any atom is -0.395 e. The molecule has 4 N–H and O–H groups in total. The van der Waals surface area contributed by atoms with Crippen LogP contribution in [-0.2, 0) is 0 Å². The van der Waals surface area contributed by atoms with Gasteiger partial charge in [-0.05, 0) is 37.3 Å². The molecule has 0 spiro atoms. The molecule has 0 saturated carbocycles. The maximum atomic E-state index is 10.2. The summed E-state index contributed by atoms with van der Waals surface area (Å²) in [6.45, 7) is 4.85. The Balaban J connectivity index is 1.67. The van der Waals surface area contributed by atoms with E-state index in [1.54, 1.807) is 0 Å². The molecule has 0 radical (unpaired) electrons. The first-order chi connectivity index (χ1) is 12.0. The minimum absolute atomic E-state index is 0.223. The third kappa shape index (κ3) is 3.99. The lowest BCUT2D eigenvalue weighted by molar-refractivity contribution is -0.147. The highest BCUT2D eigenvalue weighted by Crippen LogP contribution is 2.28. The standard InChI is InChI=1S/C19H30N2O4/c1-13-5-2-3-7-15(13)20-8-4-6-14(9-20)10-21-11-17(23)19(25)18(24)16(21)12-22/h2-3,5,7,14,16-19,22-25H,4,6,8-12H2,1H3/t14-,16+,17-,18+,19+/m0/s1. The monoisotopic (exact) mass is 350 g/mol. The number of hydrogen-bond acceptors (Lipinski definition) is 6. The summed E-state index contributed by atoms with van der Waals surface area (Å²) >= 11 is 0. The van der Waals surface area contributed by atoms with E-state index in [1.807, 2.05) is 11.0 Å². The fourth-order valence-electron chi connectivity index (χ4n) is 4.27. The molecule has 0 amide bonds. The van der Waals surface area contributed by atoms with Crippen molar-refractivity contribution in [1.29, 1.82) is 0 Å². The zero-order valence-corrected chi connectivity index (χ0v) is 14.8. The van der Waals surface area contributed by atoms with Crippen molar-refractivity contribution in [2.45, 2.75) is 44.1 Å². The molecule has 2 aliphatic heterocycles. The average Bonchev–Trinajstić information content (AvgIpc) is 2.61. The Morgan fingerprint density at radius 2 is 1.84 bits per heavy atom. The summed E-state index contributed by atoms with van der Waals surface area (Å²) in [5.74, 6) is 0.400. The van der Waals surface area contributed by atoms with Crippen molar-refractivity contribution in [2.24, 2.45) is 5.92 Å². The van der Waals surface area contributed by atoms with E-state index in [0.717, 1.165) is 25.9 Å². The van der Waals surface area contributed by atoms with Gasteiger partial charge in [-0.3, -0.25) is 4.90 Å². The van der Waals surface area contributed by atoms with Crippen LogP contribution in [0.5, 0.6) is 0 Å². The normalized spacial score (nSPS) is 34.3. The fourth-order valence-corrected chi connectivity index (χ4v) is 4.27. The maximum Gasteiger partial charge on any atom is 0.109 e. The number of piperidine rings is 2. The first-order valence-corrected chi connectivity index (χ1v) is 9.21. The van der Waals surface area contributed by atoms with Crippen LogP contribution in [0.15, 0.2) is 24.3 Å². The highest BCUT2D eigenvalue weighted by Gasteiger charge is 2.41. The molecule has 0 bridgehead atoms. The fraction of sp³-hybridized carbons (Fsp3) is 0.684. The SMILES string of the molecule is Cc1ccccc1N1CCC[C@H](CN2C[C@H](O)[C@@H](O)[C@H](O)[C@H]2CO)C1. The largest absolute Gasteiger partial charge is 0.395 e. The Labute approximate surface area is 149 Å². The number of aliphatic hydroxyl groups is 4. The number of benzene rings is 1. The van der Waals surface area contributed by atoms with Crippen molar-refractivity contribution in [2.75, 3.05) is 37.7 Å². The maximum absolute atomic E-state index is 10.2. The van der Waals surface area contributed by atoms with E-state index in [9.17, 15) is 20.4 Å². The molecule has 2 fully saturated rings. The van der Waals surface area contributed by atoms with Gasteiger partial charge in [-0.2, -0.15) is 0 Å². The lowest BCUT2D eigenvalue weighted by atomic mass is 9.90. The van der Waals surface area contributed by atoms with Crippen LogP contribution >= 0.6 is 0 Å². The third-order valence-electron chi connectivity index (χ3n) is 5.68. The Morgan fingerprint density at radius 1 is 1.08 bits per heavy atom. The van der Waals surface area contributed by atoms with E-state index < -0.39 is 24.4 Å². The highest BCUT2D eigenvalue weighted by molar-refractivity contribution is 5.53. The number of nitrogens with zero attached hydrogens (tertiary/aromatic N) is 2. The smallest absolute Gasteiger partial charge is 0.109 e. The number of likely N-dealkylation sites (tertiary alicyclic amines) is 1. The van der Waals surface area contributed by atoms with Crippen molar-refractivity contribution in [3.63, 3.8) is 0 Å². The van der Waals surface area contributed by atoms with Gasteiger partial charge in [0.2, 0.25) is 0 Å². The molecule has 0 unspecified atom stereocenters. The van der Waals surface area contributed by atoms with Crippen LogP contribution in [0, 0.1) is 12.8 Å². The van der Waals surface area contributed by atoms with Gasteiger partial charge in [0.1, 0.15) is 12.2 Å². The van der Waals surface area contributed by atoms with Gasteiger partial charge < -0.3 is 25.3 Å². The minimum atomic E-state index is -1.19. The molecule has 5 atom stereocenters. The van der Waals surface area contributed by atoms with Gasteiger partial charge in [0.15, 0.2) is 0 Å². The first kappa shape index (κ1) is 18.6. The van der Waals surface area contributed by atoms with E-state index >= 15 is 0 Å². The predicted molar refractivity (Wildman–Crippen MR) is 96.6 cm³/mol. The second-order valence-electron chi connectivity index (χ2n) is 7.49. The summed E-state index contributed by atoms with van der Waals surface area (Å²) in [5, 5.41) is 39.6. The van der Waals surface area contributed by atoms with Crippen LogP contribution < -0.4 is 4.90 Å². The van der Waals surface area contributed by atoms with E-state index in [0.29, 0.717) is 12.5 Å². The lowest BCUT2D eigenvalue weighted by Crippen LogP contribution is -2.63. The summed E-state index contributed by atoms with van der Waals surface area (Å²) in [7, 11) is 0. The lowest BCUT2D eigenvalue weighted by Gasteiger charge is -2.45. The molecule has 1 aromatic rings. The van der Waals surface area contributed by atoms with Crippen LogP contribution in [0.4, 0.5) is 5.69 Å². The van der Waals surface area contributed by atoms with Crippen molar-refractivity contribution >= 4 is 5.69 Å². The third-order valence-corrected chi connectivity index (χ3v) is 5.68. The molecule has 2 saturated heterocycles. The summed E-state index contributed by atoms with van der Waals surface area (Å²) in [6.07, 6.45) is -1.10. The molecular weight excluding hydrogens is 320 g/mol. The number of anilines is 1. The number of rotatable bonds is 4. The van der Waals surface area contributed by atoms with Crippen molar-refractivity contribution in [1.82, 2.24) is 4.90 Å². The molecule has 0 aliphatic carbocycles. The van der Waals surface area contributed by atoms with Gasteiger partial charge in [-0.1, -0.05) is 18.2 Å². The van der Waals surface area contributed by atoms with Gasteiger partial charge in [0, 0.05) is 31.9 Å². The average molecular weight is 350 g/mol. The number of aryl methyl sites for hydroxylation is 1. The van der Waals surface area contributed by atoms with Crippen molar-refractivity contribution in [3.05, 3.63) is 29.8 Å². The van der Waals surface area contributed by atoms with Gasteiger partial charge in [0.25, 0.3) is 0 Å². The van der Waals surface area contributed by atoms with E-state index in [4.69, 9.17) is 0 Å². The zero-order valence-electron chi connectivity index (χ0n) is 14.8. The summed E-state index contributed by atoms with van der Waals surface area (Å²) in [5.41, 5.74) is 2.53. The predicted octanol–water partition coefficient (Wildman–Crippen LogP) is -0.0294. The summed E-state index contributed by atoms with van der Waals surface area (Å²) in [4.78, 5) is 4.34. The molecule has 1 aromatic carbocycles. The van der Waals surface area contributed by atoms with Gasteiger partial charge >= 0.3 is 0 Å². The molecule has 25 heavy (non-hydrogen) atoms.